The van der Waals surface area contributed by atoms with E-state index in [1.807, 2.05) is 0 Å². The number of hydrogen-bond acceptors (Lipinski definition) is 15. The number of thiol groups is 6. The molecule has 1 unspecified atom stereocenters. The molecule has 256 valence electrons. The number of carbonyl (C=O) groups excluding carboxylic acids is 3. The van der Waals surface area contributed by atoms with Crippen molar-refractivity contribution in [3.05, 3.63) is 24.7 Å². The van der Waals surface area contributed by atoms with E-state index < -0.39 is 22.8 Å². The molecule has 0 radical (unpaired) electrons. The summed E-state index contributed by atoms with van der Waals surface area (Å²) in [5.41, 5.74) is -1.85. The van der Waals surface area contributed by atoms with Gasteiger partial charge in [-0.1, -0.05) is 13.2 Å². The second-order valence-electron chi connectivity index (χ2n) is 10.3. The molecular weight excluding hydrogens is 685 g/mol. The van der Waals surface area contributed by atoms with Crippen LogP contribution in [0.3, 0.4) is 0 Å². The van der Waals surface area contributed by atoms with Crippen LogP contribution in [-0.2, 0) is 42.8 Å². The van der Waals surface area contributed by atoms with E-state index in [0.717, 1.165) is 0 Å². The van der Waals surface area contributed by atoms with Gasteiger partial charge in [-0.3, -0.25) is 14.4 Å². The molecule has 0 aromatic rings. The summed E-state index contributed by atoms with van der Waals surface area (Å²) in [6, 6.07) is 0. The Balaban J connectivity index is 6.23. The molecule has 44 heavy (non-hydrogen) atoms. The maximum atomic E-state index is 12.3. The van der Waals surface area contributed by atoms with Crippen LogP contribution in [0.25, 0.3) is 0 Å². The molecule has 0 bridgehead atoms. The first kappa shape index (κ1) is 43.5. The lowest BCUT2D eigenvalue weighted by molar-refractivity contribution is -0.164. The van der Waals surface area contributed by atoms with Gasteiger partial charge in [-0.25, -0.2) is 0 Å². The summed E-state index contributed by atoms with van der Waals surface area (Å²) in [6.45, 7) is 7.80. The maximum Gasteiger partial charge on any atom is 0.306 e. The largest absolute Gasteiger partial charge is 0.498 e. The standard InChI is InChI=1S/C29H50O9S6/c1-23(4-11-40)34-18-28(9-3-10-39,19-36-25(30)6-13-42)16-33-17-29(20-35-24(2)5-12-41,21-37-26(31)7-14-43)22-38-27(32)8-15-44/h39-44H,1-22H2. The van der Waals surface area contributed by atoms with E-state index >= 15 is 0 Å². The molecular formula is C29H50O9S6. The number of allylic oxidation sites excluding steroid dienone is 2. The van der Waals surface area contributed by atoms with E-state index in [1.54, 1.807) is 0 Å². The normalized spacial score (nSPS) is 12.6. The van der Waals surface area contributed by atoms with Crippen LogP contribution < -0.4 is 0 Å². The molecule has 0 saturated carbocycles. The number of ether oxygens (including phenoxy) is 6. The highest BCUT2D eigenvalue weighted by molar-refractivity contribution is 7.81. The quantitative estimate of drug-likeness (QED) is 0.0275. The zero-order valence-corrected chi connectivity index (χ0v) is 30.8. The van der Waals surface area contributed by atoms with Crippen molar-refractivity contribution in [3.8, 4) is 0 Å². The van der Waals surface area contributed by atoms with Gasteiger partial charge in [0.1, 0.15) is 26.4 Å². The van der Waals surface area contributed by atoms with E-state index in [1.165, 1.54) is 0 Å². The summed E-state index contributed by atoms with van der Waals surface area (Å²) < 4.78 is 35.0. The fraction of sp³-hybridized carbons (Fsp3) is 0.759. The number of hydrogen-bond donors (Lipinski definition) is 6. The lowest BCUT2D eigenvalue weighted by atomic mass is 9.85. The van der Waals surface area contributed by atoms with Crippen molar-refractivity contribution in [1.82, 2.24) is 0 Å². The van der Waals surface area contributed by atoms with Crippen molar-refractivity contribution in [2.24, 2.45) is 10.8 Å². The van der Waals surface area contributed by atoms with Crippen LogP contribution in [0.1, 0.15) is 44.9 Å². The highest BCUT2D eigenvalue weighted by Gasteiger charge is 2.39. The van der Waals surface area contributed by atoms with Gasteiger partial charge in [0.2, 0.25) is 0 Å². The van der Waals surface area contributed by atoms with Gasteiger partial charge in [-0.05, 0) is 30.1 Å². The van der Waals surface area contributed by atoms with Gasteiger partial charge >= 0.3 is 17.9 Å². The lowest BCUT2D eigenvalue weighted by Gasteiger charge is -2.36. The smallest absolute Gasteiger partial charge is 0.306 e. The molecule has 0 N–H and O–H groups in total. The van der Waals surface area contributed by atoms with Gasteiger partial charge < -0.3 is 28.4 Å². The van der Waals surface area contributed by atoms with Crippen molar-refractivity contribution >= 4 is 93.7 Å². The van der Waals surface area contributed by atoms with Gasteiger partial charge in [-0.2, -0.15) is 75.8 Å². The Kier molecular flexibility index (Phi) is 26.3. The molecule has 0 amide bonds. The van der Waals surface area contributed by atoms with E-state index in [9.17, 15) is 14.4 Å². The Morgan fingerprint density at radius 1 is 0.455 bits per heavy atom. The third kappa shape index (κ3) is 20.6. The fourth-order valence-corrected chi connectivity index (χ4v) is 4.83. The molecule has 0 aliphatic carbocycles. The predicted molar refractivity (Wildman–Crippen MR) is 194 cm³/mol. The second-order valence-corrected chi connectivity index (χ2v) is 13.0. The van der Waals surface area contributed by atoms with Gasteiger partial charge in [0.05, 0.1) is 61.4 Å². The molecule has 0 aliphatic heterocycles. The van der Waals surface area contributed by atoms with Crippen LogP contribution in [0.5, 0.6) is 0 Å². The van der Waals surface area contributed by atoms with E-state index in [2.05, 4.69) is 88.9 Å². The summed E-state index contributed by atoms with van der Waals surface area (Å²) >= 11 is 25.2. The van der Waals surface area contributed by atoms with Crippen molar-refractivity contribution in [3.63, 3.8) is 0 Å². The summed E-state index contributed by atoms with van der Waals surface area (Å²) in [7, 11) is 0. The summed E-state index contributed by atoms with van der Waals surface area (Å²) in [6.07, 6.45) is 2.67. The van der Waals surface area contributed by atoms with Crippen LogP contribution in [0.4, 0.5) is 0 Å². The highest BCUT2D eigenvalue weighted by Crippen LogP contribution is 2.30. The lowest BCUT2D eigenvalue weighted by Crippen LogP contribution is -2.45. The van der Waals surface area contributed by atoms with Crippen LogP contribution in [0, 0.1) is 10.8 Å². The molecule has 0 rings (SSSR count). The average Bonchev–Trinajstić information content (AvgIpc) is 2.99. The third-order valence-corrected chi connectivity index (χ3v) is 7.63. The Labute approximate surface area is 296 Å². The van der Waals surface area contributed by atoms with Crippen LogP contribution in [0.2, 0.25) is 0 Å². The molecule has 9 nitrogen and oxygen atoms in total. The minimum absolute atomic E-state index is 0.0161. The van der Waals surface area contributed by atoms with E-state index in [0.29, 0.717) is 71.7 Å². The van der Waals surface area contributed by atoms with Gasteiger partial charge in [0, 0.05) is 30.1 Å². The van der Waals surface area contributed by atoms with Gasteiger partial charge in [0.25, 0.3) is 0 Å². The monoisotopic (exact) mass is 734 g/mol. The number of esters is 3. The minimum Gasteiger partial charge on any atom is -0.498 e. The summed E-state index contributed by atoms with van der Waals surface area (Å²) in [4.78, 5) is 37.0. The Bertz CT molecular complexity index is 782. The van der Waals surface area contributed by atoms with Crippen molar-refractivity contribution in [2.45, 2.75) is 44.9 Å². The molecule has 0 aliphatic rings. The van der Waals surface area contributed by atoms with Crippen molar-refractivity contribution in [2.75, 3.05) is 80.8 Å². The zero-order chi connectivity index (χ0) is 33.3. The highest BCUT2D eigenvalue weighted by atomic mass is 32.1. The molecule has 0 aromatic heterocycles. The fourth-order valence-electron chi connectivity index (χ4n) is 3.62. The predicted octanol–water partition coefficient (Wildman–Crippen LogP) is 4.98. The zero-order valence-electron chi connectivity index (χ0n) is 25.4. The topological polar surface area (TPSA) is 107 Å². The first-order valence-electron chi connectivity index (χ1n) is 14.4. The molecule has 1 atom stereocenters. The third-order valence-electron chi connectivity index (χ3n) is 6.19. The van der Waals surface area contributed by atoms with Crippen molar-refractivity contribution < 1.29 is 42.8 Å². The summed E-state index contributed by atoms with van der Waals surface area (Å²) in [5.74, 6) is 2.37. The van der Waals surface area contributed by atoms with Gasteiger partial charge in [0.15, 0.2) is 0 Å². The van der Waals surface area contributed by atoms with Gasteiger partial charge in [-0.15, -0.1) is 0 Å². The molecule has 0 aromatic carbocycles. The number of rotatable bonds is 29. The average molecular weight is 735 g/mol. The van der Waals surface area contributed by atoms with E-state index in [4.69, 9.17) is 28.4 Å². The molecule has 0 spiro atoms. The molecule has 0 heterocycles. The summed E-state index contributed by atoms with van der Waals surface area (Å²) in [5, 5.41) is 0. The maximum absolute atomic E-state index is 12.3. The van der Waals surface area contributed by atoms with Crippen LogP contribution in [-0.4, -0.2) is 98.7 Å². The SMILES string of the molecule is C=C(CCS)OCC(CCCS)(COCC(COC(=C)CCS)(COC(=O)CCS)COC(=O)CCS)COC(=O)CCS. The first-order valence-corrected chi connectivity index (χ1v) is 18.1. The molecule has 15 heteroatoms. The Hall–Kier alpha value is -0.450. The number of carbonyl (C=O) groups is 3. The Morgan fingerprint density at radius 3 is 1.18 bits per heavy atom. The molecule has 0 saturated heterocycles. The second kappa shape index (κ2) is 26.6. The van der Waals surface area contributed by atoms with E-state index in [-0.39, 0.29) is 71.5 Å². The van der Waals surface area contributed by atoms with Crippen LogP contribution in [0.15, 0.2) is 24.7 Å². The first-order chi connectivity index (χ1) is 21.0. The van der Waals surface area contributed by atoms with Crippen LogP contribution >= 0.6 is 75.8 Å². The minimum atomic E-state index is -1.09. The Morgan fingerprint density at radius 2 is 0.795 bits per heavy atom. The van der Waals surface area contributed by atoms with Crippen molar-refractivity contribution in [1.29, 1.82) is 0 Å². The molecule has 0 fully saturated rings.